The van der Waals surface area contributed by atoms with Crippen LogP contribution in [0.5, 0.6) is 0 Å². The highest BCUT2D eigenvalue weighted by Crippen LogP contribution is 2.12. The van der Waals surface area contributed by atoms with Crippen LogP contribution in [0.15, 0.2) is 12.2 Å². The average Bonchev–Trinajstić information content (AvgIpc) is 2.91. The number of hydrogen-bond donors (Lipinski definition) is 1. The number of aliphatic hydroxyl groups excluding tert-OH is 1. The highest BCUT2D eigenvalue weighted by atomic mass is 16.5. The Kier molecular flexibility index (Phi) is 27.6. The molecule has 0 fully saturated rings. The molecule has 0 saturated heterocycles. The average molecular weight is 538 g/mol. The zero-order valence-corrected chi connectivity index (χ0v) is 25.5. The molecular formula is C33H63NO4. The van der Waals surface area contributed by atoms with Crippen molar-refractivity contribution in [1.29, 1.82) is 0 Å². The lowest BCUT2D eigenvalue weighted by molar-refractivity contribution is -0.151. The van der Waals surface area contributed by atoms with Crippen molar-refractivity contribution in [3.8, 4) is 0 Å². The van der Waals surface area contributed by atoms with Crippen LogP contribution in [0.25, 0.3) is 0 Å². The van der Waals surface area contributed by atoms with Crippen LogP contribution in [0, 0.1) is 0 Å². The number of carbonyl (C=O) groups excluding carboxylic acids is 2. The standard InChI is InChI=1S/C33H63NO4/c1-4-6-8-10-12-14-15-16-17-18-19-20-22-24-26-28-32(36)34(3)29-33(37)38-30-31(35)27-25-23-21-13-11-9-7-5-2/h16-17,31,35H,4-15,18-30H2,1-3H3. The number of allylic oxidation sites excluding steroid dienone is 2. The molecule has 1 unspecified atom stereocenters. The van der Waals surface area contributed by atoms with E-state index in [9.17, 15) is 14.7 Å². The van der Waals surface area contributed by atoms with Gasteiger partial charge in [-0.1, -0.05) is 129 Å². The number of nitrogens with zero attached hydrogens (tertiary/aromatic N) is 1. The minimum absolute atomic E-state index is 0.0148. The van der Waals surface area contributed by atoms with Crippen molar-refractivity contribution >= 4 is 11.9 Å². The Hall–Kier alpha value is -1.36. The molecule has 5 heteroatoms. The summed E-state index contributed by atoms with van der Waals surface area (Å²) in [6.45, 7) is 4.46. The lowest BCUT2D eigenvalue weighted by Crippen LogP contribution is -2.34. The molecule has 0 heterocycles. The summed E-state index contributed by atoms with van der Waals surface area (Å²) in [6.07, 6.45) is 31.0. The third kappa shape index (κ3) is 26.3. The van der Waals surface area contributed by atoms with Gasteiger partial charge >= 0.3 is 5.97 Å². The molecule has 224 valence electrons. The van der Waals surface area contributed by atoms with E-state index in [-0.39, 0.29) is 19.1 Å². The van der Waals surface area contributed by atoms with Gasteiger partial charge in [0.1, 0.15) is 13.2 Å². The van der Waals surface area contributed by atoms with Gasteiger partial charge in [0.25, 0.3) is 0 Å². The second kappa shape index (κ2) is 28.6. The summed E-state index contributed by atoms with van der Waals surface area (Å²) in [5, 5.41) is 10.1. The summed E-state index contributed by atoms with van der Waals surface area (Å²) in [5.74, 6) is -0.459. The van der Waals surface area contributed by atoms with E-state index in [0.717, 1.165) is 38.5 Å². The molecule has 0 aromatic heterocycles. The van der Waals surface area contributed by atoms with Crippen LogP contribution in [0.4, 0.5) is 0 Å². The predicted molar refractivity (Wildman–Crippen MR) is 161 cm³/mol. The van der Waals surface area contributed by atoms with Crippen LogP contribution in [-0.2, 0) is 14.3 Å². The number of esters is 1. The van der Waals surface area contributed by atoms with E-state index in [0.29, 0.717) is 12.8 Å². The van der Waals surface area contributed by atoms with Crippen LogP contribution in [0.1, 0.15) is 162 Å². The smallest absolute Gasteiger partial charge is 0.325 e. The highest BCUT2D eigenvalue weighted by molar-refractivity contribution is 5.81. The number of amides is 1. The van der Waals surface area contributed by atoms with Crippen molar-refractivity contribution in [3.63, 3.8) is 0 Å². The molecule has 0 bridgehead atoms. The number of aliphatic hydroxyl groups is 1. The molecule has 5 nitrogen and oxygen atoms in total. The minimum atomic E-state index is -0.615. The Morgan fingerprint density at radius 3 is 1.66 bits per heavy atom. The van der Waals surface area contributed by atoms with E-state index in [2.05, 4.69) is 26.0 Å². The fourth-order valence-electron chi connectivity index (χ4n) is 4.65. The topological polar surface area (TPSA) is 66.8 Å². The molecule has 1 amide bonds. The summed E-state index contributed by atoms with van der Waals surface area (Å²) in [6, 6.07) is 0. The lowest BCUT2D eigenvalue weighted by atomic mass is 10.1. The lowest BCUT2D eigenvalue weighted by Gasteiger charge is -2.17. The first kappa shape index (κ1) is 36.6. The predicted octanol–water partition coefficient (Wildman–Crippen LogP) is 8.92. The van der Waals surface area contributed by atoms with Gasteiger partial charge in [-0.05, 0) is 38.5 Å². The van der Waals surface area contributed by atoms with E-state index in [1.807, 2.05) is 0 Å². The number of likely N-dealkylation sites (N-methyl/N-ethyl adjacent to an activating group) is 1. The number of carbonyl (C=O) groups is 2. The number of rotatable bonds is 28. The first-order valence-corrected chi connectivity index (χ1v) is 16.2. The molecule has 1 N–H and O–H groups in total. The van der Waals surface area contributed by atoms with Crippen molar-refractivity contribution in [2.24, 2.45) is 0 Å². The van der Waals surface area contributed by atoms with Gasteiger partial charge in [-0.15, -0.1) is 0 Å². The normalized spacial score (nSPS) is 12.2. The fourth-order valence-corrected chi connectivity index (χ4v) is 4.65. The van der Waals surface area contributed by atoms with Crippen LogP contribution in [0.3, 0.4) is 0 Å². The molecule has 0 aliphatic carbocycles. The Morgan fingerprint density at radius 2 is 1.13 bits per heavy atom. The van der Waals surface area contributed by atoms with Crippen molar-refractivity contribution in [2.75, 3.05) is 20.2 Å². The third-order valence-electron chi connectivity index (χ3n) is 7.27. The monoisotopic (exact) mass is 537 g/mol. The molecule has 0 aromatic carbocycles. The van der Waals surface area contributed by atoms with Crippen molar-refractivity contribution in [2.45, 2.75) is 168 Å². The number of ether oxygens (including phenoxy) is 1. The Bertz CT molecular complexity index is 563. The fraction of sp³-hybridized carbons (Fsp3) is 0.879. The van der Waals surface area contributed by atoms with E-state index in [4.69, 9.17) is 4.74 Å². The summed E-state index contributed by atoms with van der Waals surface area (Å²) >= 11 is 0. The molecule has 0 radical (unpaired) electrons. The van der Waals surface area contributed by atoms with Gasteiger partial charge < -0.3 is 14.7 Å². The van der Waals surface area contributed by atoms with Crippen molar-refractivity contribution in [3.05, 3.63) is 12.2 Å². The molecule has 0 aliphatic heterocycles. The largest absolute Gasteiger partial charge is 0.462 e. The Labute approximate surface area is 236 Å². The van der Waals surface area contributed by atoms with Gasteiger partial charge in [0.15, 0.2) is 0 Å². The van der Waals surface area contributed by atoms with E-state index < -0.39 is 12.1 Å². The van der Waals surface area contributed by atoms with E-state index in [1.165, 1.54) is 101 Å². The van der Waals surface area contributed by atoms with Gasteiger partial charge in [-0.3, -0.25) is 9.59 Å². The number of hydrogen-bond acceptors (Lipinski definition) is 4. The van der Waals surface area contributed by atoms with E-state index in [1.54, 1.807) is 7.05 Å². The van der Waals surface area contributed by atoms with Crippen LogP contribution >= 0.6 is 0 Å². The minimum Gasteiger partial charge on any atom is -0.462 e. The summed E-state index contributed by atoms with van der Waals surface area (Å²) in [4.78, 5) is 25.8. The maximum atomic E-state index is 12.3. The molecule has 0 rings (SSSR count). The SMILES string of the molecule is CCCCCCCCC=CCCCCCCCC(=O)N(C)CC(=O)OCC(O)CCCCCCCCCC. The first-order chi connectivity index (χ1) is 18.5. The molecule has 0 aliphatic rings. The second-order valence-electron chi connectivity index (χ2n) is 11.2. The quantitative estimate of drug-likeness (QED) is 0.0614. The molecular weight excluding hydrogens is 474 g/mol. The van der Waals surface area contributed by atoms with Crippen LogP contribution < -0.4 is 0 Å². The van der Waals surface area contributed by atoms with Gasteiger partial charge in [-0.25, -0.2) is 0 Å². The molecule has 38 heavy (non-hydrogen) atoms. The number of unbranched alkanes of at least 4 members (excludes halogenated alkanes) is 18. The molecule has 1 atom stereocenters. The molecule has 0 saturated carbocycles. The van der Waals surface area contributed by atoms with E-state index >= 15 is 0 Å². The van der Waals surface area contributed by atoms with Gasteiger partial charge in [0.05, 0.1) is 6.10 Å². The molecule has 0 aromatic rings. The van der Waals surface area contributed by atoms with Gasteiger partial charge in [-0.2, -0.15) is 0 Å². The maximum Gasteiger partial charge on any atom is 0.325 e. The third-order valence-corrected chi connectivity index (χ3v) is 7.27. The van der Waals surface area contributed by atoms with Crippen molar-refractivity contribution in [1.82, 2.24) is 4.90 Å². The zero-order chi connectivity index (χ0) is 28.1. The summed E-state index contributed by atoms with van der Waals surface area (Å²) in [7, 11) is 1.65. The van der Waals surface area contributed by atoms with Gasteiger partial charge in [0, 0.05) is 13.5 Å². The molecule has 0 spiro atoms. The summed E-state index contributed by atoms with van der Waals surface area (Å²) < 4.78 is 5.19. The summed E-state index contributed by atoms with van der Waals surface area (Å²) in [5.41, 5.74) is 0. The van der Waals surface area contributed by atoms with Crippen LogP contribution in [0.2, 0.25) is 0 Å². The highest BCUT2D eigenvalue weighted by Gasteiger charge is 2.15. The van der Waals surface area contributed by atoms with Crippen LogP contribution in [-0.4, -0.2) is 48.2 Å². The first-order valence-electron chi connectivity index (χ1n) is 16.2. The van der Waals surface area contributed by atoms with Gasteiger partial charge in [0.2, 0.25) is 5.91 Å². The second-order valence-corrected chi connectivity index (χ2v) is 11.2. The maximum absolute atomic E-state index is 12.3. The Morgan fingerprint density at radius 1 is 0.684 bits per heavy atom. The Balaban J connectivity index is 3.59. The zero-order valence-electron chi connectivity index (χ0n) is 25.5. The van der Waals surface area contributed by atoms with Crippen molar-refractivity contribution < 1.29 is 19.4 Å².